The summed E-state index contributed by atoms with van der Waals surface area (Å²) in [7, 11) is 1.71. The Bertz CT molecular complexity index is 92.7. The third-order valence-corrected chi connectivity index (χ3v) is 0.566. The van der Waals surface area contributed by atoms with Gasteiger partial charge >= 0.3 is 0 Å². The molecule has 8 heavy (non-hydrogen) atoms. The SMILES string of the molecule is CN=CN=CC(C)C. The van der Waals surface area contributed by atoms with Crippen LogP contribution in [0, 0.1) is 5.92 Å². The molecule has 0 saturated carbocycles. The van der Waals surface area contributed by atoms with Gasteiger partial charge in [0.2, 0.25) is 0 Å². The average molecular weight is 112 g/mol. The highest BCUT2D eigenvalue weighted by Crippen LogP contribution is 1.82. The minimum absolute atomic E-state index is 0.521. The molecule has 0 N–H and O–H groups in total. The maximum absolute atomic E-state index is 3.87. The third kappa shape index (κ3) is 5.34. The molecule has 0 radical (unpaired) electrons. The Morgan fingerprint density at radius 2 is 2.00 bits per heavy atom. The molecule has 0 unspecified atom stereocenters. The molecule has 0 aliphatic rings. The van der Waals surface area contributed by atoms with Crippen molar-refractivity contribution in [2.75, 3.05) is 7.05 Å². The fourth-order valence-corrected chi connectivity index (χ4v) is 0.277. The maximum atomic E-state index is 3.87. The van der Waals surface area contributed by atoms with Gasteiger partial charge in [0.1, 0.15) is 6.34 Å². The summed E-state index contributed by atoms with van der Waals surface area (Å²) in [5.41, 5.74) is 0. The van der Waals surface area contributed by atoms with Crippen molar-refractivity contribution in [3.05, 3.63) is 0 Å². The van der Waals surface area contributed by atoms with Crippen molar-refractivity contribution in [1.29, 1.82) is 0 Å². The lowest BCUT2D eigenvalue weighted by molar-refractivity contribution is 0.909. The van der Waals surface area contributed by atoms with Crippen LogP contribution in [-0.4, -0.2) is 19.6 Å². The maximum Gasteiger partial charge on any atom is 0.109 e. The minimum Gasteiger partial charge on any atom is -0.277 e. The van der Waals surface area contributed by atoms with Gasteiger partial charge in [0.15, 0.2) is 0 Å². The molecule has 0 aromatic rings. The fraction of sp³-hybridized carbons (Fsp3) is 0.667. The highest BCUT2D eigenvalue weighted by molar-refractivity contribution is 5.73. The summed E-state index contributed by atoms with van der Waals surface area (Å²) in [6.07, 6.45) is 3.40. The van der Waals surface area contributed by atoms with Crippen LogP contribution >= 0.6 is 0 Å². The van der Waals surface area contributed by atoms with Crippen LogP contribution in [0.25, 0.3) is 0 Å². The standard InChI is InChI=1S/C6H12N2/c1-6(2)4-8-5-7-3/h4-6H,1-3H3. The Kier molecular flexibility index (Phi) is 4.13. The monoisotopic (exact) mass is 112 g/mol. The van der Waals surface area contributed by atoms with Crippen molar-refractivity contribution < 1.29 is 0 Å². The van der Waals surface area contributed by atoms with Gasteiger partial charge in [0, 0.05) is 13.3 Å². The zero-order valence-electron chi connectivity index (χ0n) is 5.63. The van der Waals surface area contributed by atoms with E-state index in [0.717, 1.165) is 0 Å². The predicted octanol–water partition coefficient (Wildman–Crippen LogP) is 1.37. The summed E-state index contributed by atoms with van der Waals surface area (Å²) in [4.78, 5) is 7.56. The molecular formula is C6H12N2. The summed E-state index contributed by atoms with van der Waals surface area (Å²) in [6.45, 7) is 4.15. The van der Waals surface area contributed by atoms with Crippen molar-refractivity contribution in [3.8, 4) is 0 Å². The van der Waals surface area contributed by atoms with Crippen molar-refractivity contribution in [2.24, 2.45) is 15.9 Å². The molecule has 0 spiro atoms. The molecule has 2 heteroatoms. The molecule has 0 aliphatic heterocycles. The van der Waals surface area contributed by atoms with E-state index in [1.807, 2.05) is 6.21 Å². The van der Waals surface area contributed by atoms with Gasteiger partial charge in [0.05, 0.1) is 0 Å². The molecule has 0 heterocycles. The molecule has 0 fully saturated rings. The topological polar surface area (TPSA) is 24.7 Å². The molecule has 0 rings (SSSR count). The van der Waals surface area contributed by atoms with E-state index in [4.69, 9.17) is 0 Å². The van der Waals surface area contributed by atoms with E-state index in [9.17, 15) is 0 Å². The molecule has 0 aromatic carbocycles. The van der Waals surface area contributed by atoms with Gasteiger partial charge in [0.25, 0.3) is 0 Å². The van der Waals surface area contributed by atoms with Crippen LogP contribution in [0.4, 0.5) is 0 Å². The smallest absolute Gasteiger partial charge is 0.109 e. The summed E-state index contributed by atoms with van der Waals surface area (Å²) in [6, 6.07) is 0. The van der Waals surface area contributed by atoms with E-state index in [1.54, 1.807) is 13.4 Å². The Balaban J connectivity index is 3.34. The molecule has 0 amide bonds. The zero-order chi connectivity index (χ0) is 6.41. The van der Waals surface area contributed by atoms with Crippen LogP contribution in [0.2, 0.25) is 0 Å². The van der Waals surface area contributed by atoms with Crippen molar-refractivity contribution in [2.45, 2.75) is 13.8 Å². The first kappa shape index (κ1) is 7.34. The normalized spacial score (nSPS) is 12.5. The lowest BCUT2D eigenvalue weighted by Gasteiger charge is -1.86. The zero-order valence-corrected chi connectivity index (χ0v) is 5.63. The second-order valence-corrected chi connectivity index (χ2v) is 1.92. The first-order chi connectivity index (χ1) is 3.77. The second kappa shape index (κ2) is 4.50. The Morgan fingerprint density at radius 3 is 2.38 bits per heavy atom. The van der Waals surface area contributed by atoms with Crippen LogP contribution in [0.15, 0.2) is 9.98 Å². The molecule has 0 saturated heterocycles. The van der Waals surface area contributed by atoms with Crippen molar-refractivity contribution in [3.63, 3.8) is 0 Å². The van der Waals surface area contributed by atoms with Crippen LogP contribution in [0.3, 0.4) is 0 Å². The van der Waals surface area contributed by atoms with Crippen molar-refractivity contribution in [1.82, 2.24) is 0 Å². The van der Waals surface area contributed by atoms with E-state index in [2.05, 4.69) is 23.8 Å². The molecule has 0 bridgehead atoms. The summed E-state index contributed by atoms with van der Waals surface area (Å²) < 4.78 is 0. The fourth-order valence-electron chi connectivity index (χ4n) is 0.277. The second-order valence-electron chi connectivity index (χ2n) is 1.92. The van der Waals surface area contributed by atoms with Gasteiger partial charge in [-0.15, -0.1) is 0 Å². The van der Waals surface area contributed by atoms with Crippen molar-refractivity contribution >= 4 is 12.6 Å². The van der Waals surface area contributed by atoms with Crippen LogP contribution in [0.5, 0.6) is 0 Å². The van der Waals surface area contributed by atoms with Crippen LogP contribution in [-0.2, 0) is 0 Å². The van der Waals surface area contributed by atoms with E-state index in [0.29, 0.717) is 5.92 Å². The molecule has 0 atom stereocenters. The first-order valence-corrected chi connectivity index (χ1v) is 2.71. The van der Waals surface area contributed by atoms with E-state index in [-0.39, 0.29) is 0 Å². The van der Waals surface area contributed by atoms with Crippen LogP contribution in [0.1, 0.15) is 13.8 Å². The van der Waals surface area contributed by atoms with E-state index in [1.165, 1.54) is 0 Å². The third-order valence-electron chi connectivity index (χ3n) is 0.566. The van der Waals surface area contributed by atoms with E-state index >= 15 is 0 Å². The van der Waals surface area contributed by atoms with Gasteiger partial charge in [-0.05, 0) is 5.92 Å². The lowest BCUT2D eigenvalue weighted by atomic mass is 10.3. The summed E-state index contributed by atoms with van der Waals surface area (Å²) in [5.74, 6) is 0.521. The predicted molar refractivity (Wildman–Crippen MR) is 37.7 cm³/mol. The largest absolute Gasteiger partial charge is 0.277 e. The number of nitrogens with zero attached hydrogens (tertiary/aromatic N) is 2. The highest BCUT2D eigenvalue weighted by Gasteiger charge is 1.79. The summed E-state index contributed by atoms with van der Waals surface area (Å²) in [5, 5.41) is 0. The lowest BCUT2D eigenvalue weighted by Crippen LogP contribution is -1.85. The van der Waals surface area contributed by atoms with Gasteiger partial charge in [-0.25, -0.2) is 4.99 Å². The first-order valence-electron chi connectivity index (χ1n) is 2.71. The Morgan fingerprint density at radius 1 is 1.38 bits per heavy atom. The van der Waals surface area contributed by atoms with E-state index < -0.39 is 0 Å². The molecule has 2 nitrogen and oxygen atoms in total. The quantitative estimate of drug-likeness (QED) is 0.381. The van der Waals surface area contributed by atoms with Gasteiger partial charge in [-0.1, -0.05) is 13.8 Å². The molecular weight excluding hydrogens is 100 g/mol. The highest BCUT2D eigenvalue weighted by atomic mass is 14.8. The number of rotatable bonds is 2. The molecule has 0 aromatic heterocycles. The summed E-state index contributed by atoms with van der Waals surface area (Å²) >= 11 is 0. The Hall–Kier alpha value is -0.660. The number of aliphatic imine (C=N–C) groups is 2. The average Bonchev–Trinajstić information content (AvgIpc) is 1.66. The Labute approximate surface area is 50.4 Å². The van der Waals surface area contributed by atoms with Gasteiger partial charge in [-0.3, -0.25) is 4.99 Å². The number of hydrogen-bond acceptors (Lipinski definition) is 1. The van der Waals surface area contributed by atoms with Crippen LogP contribution < -0.4 is 0 Å². The number of hydrogen-bond donors (Lipinski definition) is 0. The molecule has 46 valence electrons. The van der Waals surface area contributed by atoms with Gasteiger partial charge in [-0.2, -0.15) is 0 Å². The minimum atomic E-state index is 0.521. The molecule has 0 aliphatic carbocycles. The van der Waals surface area contributed by atoms with Gasteiger partial charge < -0.3 is 0 Å².